The summed E-state index contributed by atoms with van der Waals surface area (Å²) >= 11 is 0. The van der Waals surface area contributed by atoms with Gasteiger partial charge >= 0.3 is 0 Å². The van der Waals surface area contributed by atoms with E-state index in [9.17, 15) is 14.0 Å². The number of nitrogens with one attached hydrogen (secondary N) is 1. The van der Waals surface area contributed by atoms with E-state index in [2.05, 4.69) is 10.3 Å². The van der Waals surface area contributed by atoms with Crippen LogP contribution in [0.5, 0.6) is 0 Å². The number of para-hydroxylation sites is 1. The van der Waals surface area contributed by atoms with Crippen molar-refractivity contribution < 1.29 is 14.0 Å². The molecule has 2 aliphatic heterocycles. The highest BCUT2D eigenvalue weighted by molar-refractivity contribution is 6.12. The highest BCUT2D eigenvalue weighted by atomic mass is 19.1. The van der Waals surface area contributed by atoms with E-state index in [4.69, 9.17) is 0 Å². The van der Waals surface area contributed by atoms with Crippen LogP contribution >= 0.6 is 0 Å². The Balaban J connectivity index is 1.73. The van der Waals surface area contributed by atoms with Crippen molar-refractivity contribution in [2.75, 3.05) is 18.9 Å². The van der Waals surface area contributed by atoms with Crippen molar-refractivity contribution in [3.63, 3.8) is 0 Å². The number of carbonyl (C=O) groups is 2. The number of likely N-dealkylation sites (N-methyl/N-ethyl adjacent to an activating group) is 1. The molecule has 1 aromatic heterocycles. The predicted molar refractivity (Wildman–Crippen MR) is 111 cm³/mol. The predicted octanol–water partition coefficient (Wildman–Crippen LogP) is 3.60. The minimum atomic E-state index is -1.14. The number of amides is 1. The summed E-state index contributed by atoms with van der Waals surface area (Å²) in [7, 11) is 1.87. The number of hydrogen-bond acceptors (Lipinski definition) is 4. The Morgan fingerprint density at radius 3 is 2.63 bits per heavy atom. The third kappa shape index (κ3) is 2.53. The molecule has 0 radical (unpaired) electrons. The average Bonchev–Trinajstić information content (AvgIpc) is 3.24. The van der Waals surface area contributed by atoms with Crippen LogP contribution in [0.1, 0.15) is 27.4 Å². The van der Waals surface area contributed by atoms with E-state index in [1.807, 2.05) is 36.2 Å². The fourth-order valence-electron chi connectivity index (χ4n) is 5.09. The molecule has 6 heteroatoms. The lowest BCUT2D eigenvalue weighted by molar-refractivity contribution is -0.126. The van der Waals surface area contributed by atoms with E-state index in [0.717, 1.165) is 16.8 Å². The first-order chi connectivity index (χ1) is 14.5. The van der Waals surface area contributed by atoms with Gasteiger partial charge < -0.3 is 5.32 Å². The fourth-order valence-corrected chi connectivity index (χ4v) is 5.09. The molecule has 2 aliphatic rings. The van der Waals surface area contributed by atoms with Gasteiger partial charge in [0.1, 0.15) is 11.4 Å². The third-order valence-corrected chi connectivity index (χ3v) is 6.38. The summed E-state index contributed by atoms with van der Waals surface area (Å²) in [6, 6.07) is 17.1. The lowest BCUT2D eigenvalue weighted by Gasteiger charge is -2.35. The average molecular weight is 401 g/mol. The van der Waals surface area contributed by atoms with Gasteiger partial charge in [-0.2, -0.15) is 0 Å². The summed E-state index contributed by atoms with van der Waals surface area (Å²) < 4.78 is 13.6. The first-order valence-corrected chi connectivity index (χ1v) is 9.85. The number of nitrogens with zero attached hydrogens (tertiary/aromatic N) is 2. The van der Waals surface area contributed by atoms with Crippen molar-refractivity contribution in [2.45, 2.75) is 11.5 Å². The van der Waals surface area contributed by atoms with Crippen LogP contribution in [0, 0.1) is 11.7 Å². The van der Waals surface area contributed by atoms with Crippen LogP contribution in [0.25, 0.3) is 0 Å². The molecule has 3 heterocycles. The van der Waals surface area contributed by atoms with E-state index >= 15 is 0 Å². The molecule has 0 saturated carbocycles. The summed E-state index contributed by atoms with van der Waals surface area (Å²) in [5.74, 6) is -1.65. The van der Waals surface area contributed by atoms with Gasteiger partial charge in [-0.05, 0) is 42.9 Å². The summed E-state index contributed by atoms with van der Waals surface area (Å²) in [4.78, 5) is 33.4. The van der Waals surface area contributed by atoms with Crippen molar-refractivity contribution in [3.05, 3.63) is 95.6 Å². The Hall–Kier alpha value is -3.38. The number of fused-ring (bicyclic) bond motifs is 2. The monoisotopic (exact) mass is 401 g/mol. The maximum Gasteiger partial charge on any atom is 0.250 e. The SMILES string of the molecule is CN1C[C@H](c2ccc(F)cc2)[C@@H](C(=O)c2cccnc2)[C@]12C(=O)Nc1ccccc12. The maximum atomic E-state index is 13.8. The quantitative estimate of drug-likeness (QED) is 0.682. The number of aromatic nitrogens is 1. The number of anilines is 1. The molecule has 1 N–H and O–H groups in total. The molecule has 0 bridgehead atoms. The standard InChI is InChI=1S/C24H20FN3O2/c1-28-14-18(15-8-10-17(25)11-9-15)21(22(29)16-5-4-12-26-13-16)24(28)19-6-2-3-7-20(19)27-23(24)30/h2-13,18,21H,14H2,1H3,(H,27,30)/t18-,21+,24-/m1/s1. The number of rotatable bonds is 3. The highest BCUT2D eigenvalue weighted by Gasteiger charge is 2.64. The van der Waals surface area contributed by atoms with E-state index in [0.29, 0.717) is 12.1 Å². The molecule has 1 fully saturated rings. The van der Waals surface area contributed by atoms with Crippen LogP contribution in [-0.2, 0) is 10.3 Å². The minimum Gasteiger partial charge on any atom is -0.324 e. The topological polar surface area (TPSA) is 62.3 Å². The normalized spacial score (nSPS) is 25.3. The molecule has 30 heavy (non-hydrogen) atoms. The van der Waals surface area contributed by atoms with Crippen molar-refractivity contribution in [1.29, 1.82) is 0 Å². The number of halogens is 1. The van der Waals surface area contributed by atoms with Gasteiger partial charge in [-0.25, -0.2) is 4.39 Å². The smallest absolute Gasteiger partial charge is 0.250 e. The van der Waals surface area contributed by atoms with Gasteiger partial charge in [0.05, 0.1) is 5.92 Å². The Bertz CT molecular complexity index is 1130. The molecule has 5 rings (SSSR count). The number of likely N-dealkylation sites (tertiary alicyclic amines) is 1. The summed E-state index contributed by atoms with van der Waals surface area (Å²) in [5, 5.41) is 2.97. The largest absolute Gasteiger partial charge is 0.324 e. The molecule has 3 atom stereocenters. The number of carbonyl (C=O) groups excluding carboxylic acids is 2. The van der Waals surface area contributed by atoms with Crippen LogP contribution in [0.3, 0.4) is 0 Å². The van der Waals surface area contributed by atoms with Gasteiger partial charge in [0.2, 0.25) is 5.91 Å². The van der Waals surface area contributed by atoms with Gasteiger partial charge in [-0.15, -0.1) is 0 Å². The Labute approximate surface area is 173 Å². The number of ketones is 1. The highest BCUT2D eigenvalue weighted by Crippen LogP contribution is 2.55. The lowest BCUT2D eigenvalue weighted by atomic mass is 9.70. The van der Waals surface area contributed by atoms with Crippen LogP contribution in [0.4, 0.5) is 10.1 Å². The molecule has 0 aliphatic carbocycles. The number of hydrogen-bond donors (Lipinski definition) is 1. The lowest BCUT2D eigenvalue weighted by Crippen LogP contribution is -2.51. The summed E-state index contributed by atoms with van der Waals surface area (Å²) in [5.41, 5.74) is 1.67. The first-order valence-electron chi connectivity index (χ1n) is 9.85. The van der Waals surface area contributed by atoms with Crippen molar-refractivity contribution in [2.24, 2.45) is 5.92 Å². The summed E-state index contributed by atoms with van der Waals surface area (Å²) in [6.45, 7) is 0.490. The zero-order chi connectivity index (χ0) is 20.9. The molecule has 150 valence electrons. The Kier molecular flexibility index (Phi) is 4.25. The van der Waals surface area contributed by atoms with Crippen molar-refractivity contribution in [1.82, 2.24) is 9.88 Å². The molecule has 0 unspecified atom stereocenters. The molecule has 1 saturated heterocycles. The van der Waals surface area contributed by atoms with Gasteiger partial charge in [0.15, 0.2) is 5.78 Å². The zero-order valence-electron chi connectivity index (χ0n) is 16.4. The Morgan fingerprint density at radius 1 is 1.13 bits per heavy atom. The minimum absolute atomic E-state index is 0.145. The summed E-state index contributed by atoms with van der Waals surface area (Å²) in [6.07, 6.45) is 3.15. The van der Waals surface area contributed by atoms with E-state index in [1.165, 1.54) is 18.3 Å². The first kappa shape index (κ1) is 18.6. The van der Waals surface area contributed by atoms with Gasteiger partial charge in [-0.1, -0.05) is 30.3 Å². The molecule has 3 aromatic rings. The van der Waals surface area contributed by atoms with Crippen LogP contribution in [-0.4, -0.2) is 35.2 Å². The van der Waals surface area contributed by atoms with Crippen LogP contribution in [0.15, 0.2) is 73.1 Å². The Morgan fingerprint density at radius 2 is 1.90 bits per heavy atom. The van der Waals surface area contributed by atoms with Gasteiger partial charge in [-0.3, -0.25) is 19.5 Å². The second kappa shape index (κ2) is 6.85. The number of benzene rings is 2. The third-order valence-electron chi connectivity index (χ3n) is 6.38. The molecule has 5 nitrogen and oxygen atoms in total. The molecule has 2 aromatic carbocycles. The van der Waals surface area contributed by atoms with Crippen molar-refractivity contribution >= 4 is 17.4 Å². The molecule has 1 amide bonds. The second-order valence-corrected chi connectivity index (χ2v) is 7.89. The fraction of sp³-hybridized carbons (Fsp3) is 0.208. The van der Waals surface area contributed by atoms with Crippen LogP contribution < -0.4 is 5.32 Å². The van der Waals surface area contributed by atoms with E-state index in [-0.39, 0.29) is 23.4 Å². The molecular weight excluding hydrogens is 381 g/mol. The van der Waals surface area contributed by atoms with E-state index < -0.39 is 11.5 Å². The van der Waals surface area contributed by atoms with Crippen molar-refractivity contribution in [3.8, 4) is 0 Å². The van der Waals surface area contributed by atoms with E-state index in [1.54, 1.807) is 30.5 Å². The van der Waals surface area contributed by atoms with Gasteiger partial charge in [0, 0.05) is 41.7 Å². The molecular formula is C24H20FN3O2. The van der Waals surface area contributed by atoms with Crippen LogP contribution in [0.2, 0.25) is 0 Å². The second-order valence-electron chi connectivity index (χ2n) is 7.89. The number of Topliss-reactive ketones (excluding diaryl/α,β-unsaturated/α-hetero) is 1. The maximum absolute atomic E-state index is 13.8. The molecule has 1 spiro atoms. The number of pyridine rings is 1. The zero-order valence-corrected chi connectivity index (χ0v) is 16.4. The van der Waals surface area contributed by atoms with Gasteiger partial charge in [0.25, 0.3) is 0 Å².